The topological polar surface area (TPSA) is 72.9 Å². The summed E-state index contributed by atoms with van der Waals surface area (Å²) >= 11 is 0. The Morgan fingerprint density at radius 2 is 1.81 bits per heavy atom. The number of nitrogens with zero attached hydrogens (tertiary/aromatic N) is 1. The molecular weight excluding hydrogens is 366 g/mol. The van der Waals surface area contributed by atoms with Crippen LogP contribution in [0.1, 0.15) is 17.5 Å². The molecule has 1 aliphatic rings. The predicted octanol–water partition coefficient (Wildman–Crippen LogP) is 2.52. The summed E-state index contributed by atoms with van der Waals surface area (Å²) in [6.07, 6.45) is -0.520. The van der Waals surface area contributed by atoms with Crippen LogP contribution in [0.25, 0.3) is 0 Å². The van der Waals surface area contributed by atoms with E-state index in [0.29, 0.717) is 6.42 Å². The molecule has 1 saturated heterocycles. The Hall–Kier alpha value is -2.22. The molecule has 0 bridgehead atoms. The van der Waals surface area contributed by atoms with Crippen molar-refractivity contribution >= 4 is 16.0 Å². The van der Waals surface area contributed by atoms with Gasteiger partial charge in [-0.2, -0.15) is 4.31 Å². The molecule has 3 rings (SSSR count). The maximum atomic E-state index is 13.3. The molecule has 1 aliphatic heterocycles. The second-order valence-electron chi connectivity index (χ2n) is 6.56. The molecular formula is C20H23NO5S. The van der Waals surface area contributed by atoms with Crippen LogP contribution < -0.4 is 0 Å². The van der Waals surface area contributed by atoms with E-state index < -0.39 is 28.3 Å². The van der Waals surface area contributed by atoms with E-state index in [1.165, 1.54) is 11.4 Å². The van der Waals surface area contributed by atoms with Crippen LogP contribution >= 0.6 is 0 Å². The minimum atomic E-state index is -3.83. The second-order valence-corrected chi connectivity index (χ2v) is 8.40. The fraction of sp³-hybridized carbons (Fsp3) is 0.350. The number of benzene rings is 2. The largest absolute Gasteiger partial charge is 0.469 e. The highest BCUT2D eigenvalue weighted by molar-refractivity contribution is 7.89. The number of aryl methyl sites for hydroxylation is 1. The van der Waals surface area contributed by atoms with E-state index >= 15 is 0 Å². The van der Waals surface area contributed by atoms with Crippen LogP contribution in [0.2, 0.25) is 0 Å². The Bertz CT molecular complexity index is 880. The zero-order valence-corrected chi connectivity index (χ0v) is 16.2. The average Bonchev–Trinajstić information content (AvgIpc) is 3.05. The van der Waals surface area contributed by atoms with E-state index in [0.717, 1.165) is 11.1 Å². The third kappa shape index (κ3) is 4.37. The van der Waals surface area contributed by atoms with Crippen LogP contribution in [0.4, 0.5) is 0 Å². The van der Waals surface area contributed by atoms with Crippen molar-refractivity contribution in [1.82, 2.24) is 4.31 Å². The molecule has 144 valence electrons. The van der Waals surface area contributed by atoms with E-state index in [2.05, 4.69) is 0 Å². The molecule has 0 aromatic heterocycles. The standard InChI is InChI=1S/C20H23NO5S/c1-15-8-10-18(11-9-15)27(23,24)21-17(12-16-6-4-3-5-7-16)14-26-19(21)13-20(22)25-2/h3-11,17,19H,12-14H2,1-2H3/t17-,19-/m0/s1. The highest BCUT2D eigenvalue weighted by atomic mass is 32.2. The van der Waals surface area contributed by atoms with Crippen LogP contribution in [-0.2, 0) is 30.7 Å². The highest BCUT2D eigenvalue weighted by Crippen LogP contribution is 2.30. The molecule has 0 unspecified atom stereocenters. The van der Waals surface area contributed by atoms with Gasteiger partial charge >= 0.3 is 5.97 Å². The first-order chi connectivity index (χ1) is 12.9. The number of sulfonamides is 1. The smallest absolute Gasteiger partial charge is 0.309 e. The number of rotatable bonds is 6. The summed E-state index contributed by atoms with van der Waals surface area (Å²) in [6.45, 7) is 2.12. The second kappa shape index (κ2) is 8.21. The summed E-state index contributed by atoms with van der Waals surface area (Å²) in [4.78, 5) is 11.9. The first kappa shape index (κ1) is 19.5. The molecule has 27 heavy (non-hydrogen) atoms. The van der Waals surface area contributed by atoms with Crippen LogP contribution in [0.15, 0.2) is 59.5 Å². The van der Waals surface area contributed by atoms with Gasteiger partial charge in [0, 0.05) is 0 Å². The summed E-state index contributed by atoms with van der Waals surface area (Å²) in [6, 6.07) is 15.9. The Morgan fingerprint density at radius 1 is 1.15 bits per heavy atom. The number of carbonyl (C=O) groups is 1. The first-order valence-corrected chi connectivity index (χ1v) is 10.2. The van der Waals surface area contributed by atoms with Crippen LogP contribution in [0, 0.1) is 6.92 Å². The van der Waals surface area contributed by atoms with Gasteiger partial charge in [-0.05, 0) is 31.0 Å². The Kier molecular flexibility index (Phi) is 5.94. The zero-order valence-electron chi connectivity index (χ0n) is 15.4. The summed E-state index contributed by atoms with van der Waals surface area (Å²) in [5, 5.41) is 0. The normalized spacial score (nSPS) is 20.5. The van der Waals surface area contributed by atoms with Crippen molar-refractivity contribution in [1.29, 1.82) is 0 Å². The van der Waals surface area contributed by atoms with E-state index in [4.69, 9.17) is 9.47 Å². The molecule has 0 aliphatic carbocycles. The average molecular weight is 389 g/mol. The Morgan fingerprint density at radius 3 is 2.44 bits per heavy atom. The summed E-state index contributed by atoms with van der Waals surface area (Å²) in [7, 11) is -2.55. The van der Waals surface area contributed by atoms with Gasteiger partial charge in [0.2, 0.25) is 10.0 Å². The predicted molar refractivity (Wildman–Crippen MR) is 101 cm³/mol. The van der Waals surface area contributed by atoms with Crippen molar-refractivity contribution in [2.24, 2.45) is 0 Å². The van der Waals surface area contributed by atoms with Gasteiger partial charge in [0.05, 0.1) is 31.1 Å². The highest BCUT2D eigenvalue weighted by Gasteiger charge is 2.44. The van der Waals surface area contributed by atoms with Gasteiger partial charge in [0.1, 0.15) is 6.23 Å². The quantitative estimate of drug-likeness (QED) is 0.710. The molecule has 0 radical (unpaired) electrons. The molecule has 2 aromatic carbocycles. The van der Waals surface area contributed by atoms with Gasteiger partial charge in [0.15, 0.2) is 0 Å². The van der Waals surface area contributed by atoms with Gasteiger partial charge in [-0.1, -0.05) is 48.0 Å². The van der Waals surface area contributed by atoms with Crippen molar-refractivity contribution < 1.29 is 22.7 Å². The van der Waals surface area contributed by atoms with Crippen molar-refractivity contribution in [3.05, 3.63) is 65.7 Å². The fourth-order valence-corrected chi connectivity index (χ4v) is 4.89. The van der Waals surface area contributed by atoms with E-state index in [1.54, 1.807) is 24.3 Å². The molecule has 6 nitrogen and oxygen atoms in total. The third-order valence-electron chi connectivity index (χ3n) is 4.60. The minimum absolute atomic E-state index is 0.146. The maximum absolute atomic E-state index is 13.3. The zero-order chi connectivity index (χ0) is 19.4. The van der Waals surface area contributed by atoms with Gasteiger partial charge in [-0.15, -0.1) is 0 Å². The molecule has 0 spiro atoms. The summed E-state index contributed by atoms with van der Waals surface area (Å²) in [5.74, 6) is -0.510. The lowest BCUT2D eigenvalue weighted by Gasteiger charge is -2.27. The lowest BCUT2D eigenvalue weighted by molar-refractivity contribution is -0.144. The van der Waals surface area contributed by atoms with Crippen molar-refractivity contribution in [3.8, 4) is 0 Å². The number of methoxy groups -OCH3 is 1. The van der Waals surface area contributed by atoms with Crippen molar-refractivity contribution in [3.63, 3.8) is 0 Å². The first-order valence-electron chi connectivity index (χ1n) is 8.74. The lowest BCUT2D eigenvalue weighted by atomic mass is 10.1. The van der Waals surface area contributed by atoms with Gasteiger partial charge in [0.25, 0.3) is 0 Å². The number of hydrogen-bond donors (Lipinski definition) is 0. The van der Waals surface area contributed by atoms with E-state index in [1.807, 2.05) is 37.3 Å². The van der Waals surface area contributed by atoms with Gasteiger partial charge < -0.3 is 9.47 Å². The fourth-order valence-electron chi connectivity index (χ4n) is 3.20. The third-order valence-corrected chi connectivity index (χ3v) is 6.56. The number of carbonyl (C=O) groups excluding carboxylic acids is 1. The Labute approximate surface area is 159 Å². The van der Waals surface area contributed by atoms with Crippen LogP contribution in [0.5, 0.6) is 0 Å². The minimum Gasteiger partial charge on any atom is -0.469 e. The summed E-state index contributed by atoms with van der Waals surface area (Å²) < 4.78 is 38.4. The van der Waals surface area contributed by atoms with Crippen LogP contribution in [0.3, 0.4) is 0 Å². The number of ether oxygens (including phenoxy) is 2. The van der Waals surface area contributed by atoms with Gasteiger partial charge in [-0.25, -0.2) is 8.42 Å². The molecule has 7 heteroatoms. The Balaban J connectivity index is 1.94. The summed E-state index contributed by atoms with van der Waals surface area (Å²) in [5.41, 5.74) is 1.98. The van der Waals surface area contributed by atoms with E-state index in [-0.39, 0.29) is 17.9 Å². The molecule has 1 fully saturated rings. The molecule has 2 aromatic rings. The molecule has 1 heterocycles. The van der Waals surface area contributed by atoms with Gasteiger partial charge in [-0.3, -0.25) is 4.79 Å². The molecule has 0 N–H and O–H groups in total. The monoisotopic (exact) mass is 389 g/mol. The maximum Gasteiger partial charge on any atom is 0.309 e. The lowest BCUT2D eigenvalue weighted by Crippen LogP contribution is -2.43. The van der Waals surface area contributed by atoms with Crippen molar-refractivity contribution in [2.75, 3.05) is 13.7 Å². The van der Waals surface area contributed by atoms with E-state index in [9.17, 15) is 13.2 Å². The number of hydrogen-bond acceptors (Lipinski definition) is 5. The molecule has 2 atom stereocenters. The van der Waals surface area contributed by atoms with Crippen LogP contribution in [-0.4, -0.2) is 44.7 Å². The molecule has 0 amide bonds. The molecule has 0 saturated carbocycles. The number of esters is 1. The van der Waals surface area contributed by atoms with Crippen molar-refractivity contribution in [2.45, 2.75) is 36.9 Å². The SMILES string of the molecule is COC(=O)C[C@@H]1OC[C@H](Cc2ccccc2)N1S(=O)(=O)c1ccc(C)cc1.